The summed E-state index contributed by atoms with van der Waals surface area (Å²) in [6.45, 7) is 1.78. The van der Waals surface area contributed by atoms with Crippen molar-refractivity contribution in [3.8, 4) is 0 Å². The van der Waals surface area contributed by atoms with Crippen molar-refractivity contribution in [3.63, 3.8) is 0 Å². The van der Waals surface area contributed by atoms with Crippen molar-refractivity contribution < 1.29 is 13.2 Å². The minimum Gasteiger partial charge on any atom is -0.376 e. The molecule has 2 aromatic carbocycles. The van der Waals surface area contributed by atoms with E-state index in [0.717, 1.165) is 17.7 Å². The molecule has 1 atom stereocenters. The first-order valence-corrected chi connectivity index (χ1v) is 6.43. The van der Waals surface area contributed by atoms with Crippen molar-refractivity contribution in [2.75, 3.05) is 5.32 Å². The summed E-state index contributed by atoms with van der Waals surface area (Å²) in [6, 6.07) is 7.72. The third kappa shape index (κ3) is 3.29. The van der Waals surface area contributed by atoms with Crippen LogP contribution in [-0.2, 0) is 0 Å². The lowest BCUT2D eigenvalue weighted by atomic mass is 10.1. The summed E-state index contributed by atoms with van der Waals surface area (Å²) < 4.78 is 39.9. The summed E-state index contributed by atoms with van der Waals surface area (Å²) >= 11 is 2.91. The summed E-state index contributed by atoms with van der Waals surface area (Å²) in [5, 5.41) is 2.86. The molecule has 0 heterocycles. The van der Waals surface area contributed by atoms with Gasteiger partial charge in [0.05, 0.1) is 10.2 Å². The smallest absolute Gasteiger partial charge is 0.147 e. The molecule has 1 nitrogen and oxygen atoms in total. The van der Waals surface area contributed by atoms with Gasteiger partial charge in [-0.3, -0.25) is 0 Å². The number of hydrogen-bond acceptors (Lipinski definition) is 1. The Balaban J connectivity index is 2.21. The van der Waals surface area contributed by atoms with Gasteiger partial charge in [-0.15, -0.1) is 0 Å². The lowest BCUT2D eigenvalue weighted by Crippen LogP contribution is -2.08. The molecular formula is C14H11BrF3N. The van der Waals surface area contributed by atoms with E-state index in [-0.39, 0.29) is 22.0 Å². The van der Waals surface area contributed by atoms with E-state index in [1.54, 1.807) is 19.1 Å². The van der Waals surface area contributed by atoms with E-state index in [9.17, 15) is 13.2 Å². The predicted molar refractivity (Wildman–Crippen MR) is 72.5 cm³/mol. The molecule has 0 aliphatic carbocycles. The van der Waals surface area contributed by atoms with Crippen LogP contribution in [0.1, 0.15) is 18.5 Å². The molecule has 0 saturated carbocycles. The van der Waals surface area contributed by atoms with Crippen LogP contribution in [0.3, 0.4) is 0 Å². The van der Waals surface area contributed by atoms with Crippen LogP contribution in [0.2, 0.25) is 0 Å². The highest BCUT2D eigenvalue weighted by Crippen LogP contribution is 2.26. The Morgan fingerprint density at radius 2 is 1.63 bits per heavy atom. The highest BCUT2D eigenvalue weighted by molar-refractivity contribution is 9.10. The van der Waals surface area contributed by atoms with Gasteiger partial charge in [-0.25, -0.2) is 13.2 Å². The number of rotatable bonds is 3. The molecule has 0 bridgehead atoms. The number of halogens is 4. The quantitative estimate of drug-likeness (QED) is 0.778. The molecule has 2 aromatic rings. The first-order valence-electron chi connectivity index (χ1n) is 5.64. The zero-order valence-corrected chi connectivity index (χ0v) is 11.6. The zero-order chi connectivity index (χ0) is 14.0. The summed E-state index contributed by atoms with van der Waals surface area (Å²) in [4.78, 5) is 0. The molecule has 0 aromatic heterocycles. The molecule has 0 saturated heterocycles. The fraction of sp³-hybridized carbons (Fsp3) is 0.143. The van der Waals surface area contributed by atoms with E-state index in [4.69, 9.17) is 0 Å². The van der Waals surface area contributed by atoms with Gasteiger partial charge in [-0.2, -0.15) is 0 Å². The minimum absolute atomic E-state index is 0.0672. The lowest BCUT2D eigenvalue weighted by Gasteiger charge is -2.16. The molecule has 5 heteroatoms. The van der Waals surface area contributed by atoms with E-state index in [2.05, 4.69) is 21.2 Å². The maximum absolute atomic E-state index is 13.7. The van der Waals surface area contributed by atoms with Crippen molar-refractivity contribution in [1.29, 1.82) is 0 Å². The van der Waals surface area contributed by atoms with Gasteiger partial charge < -0.3 is 5.32 Å². The number of nitrogens with one attached hydrogen (secondary N) is 1. The van der Waals surface area contributed by atoms with Gasteiger partial charge in [0.2, 0.25) is 0 Å². The van der Waals surface area contributed by atoms with E-state index >= 15 is 0 Å². The van der Waals surface area contributed by atoms with Gasteiger partial charge in [0.25, 0.3) is 0 Å². The van der Waals surface area contributed by atoms with Crippen LogP contribution in [0.25, 0.3) is 0 Å². The average Bonchev–Trinajstić information content (AvgIpc) is 2.36. The van der Waals surface area contributed by atoms with E-state index in [1.807, 2.05) is 0 Å². The fourth-order valence-corrected chi connectivity index (χ4v) is 2.02. The van der Waals surface area contributed by atoms with Gasteiger partial charge in [-0.05, 0) is 46.6 Å². The standard InChI is InChI=1S/C14H11BrF3N/c1-8(9-2-4-10(16)5-3-9)19-14-7-12(17)11(15)6-13(14)18/h2-8,19H,1H3. The third-order valence-corrected chi connectivity index (χ3v) is 3.36. The van der Waals surface area contributed by atoms with Crippen LogP contribution < -0.4 is 5.32 Å². The van der Waals surface area contributed by atoms with Gasteiger partial charge in [0.15, 0.2) is 0 Å². The van der Waals surface area contributed by atoms with Crippen LogP contribution >= 0.6 is 15.9 Å². The minimum atomic E-state index is -0.553. The summed E-state index contributed by atoms with van der Waals surface area (Å²) in [7, 11) is 0. The highest BCUT2D eigenvalue weighted by Gasteiger charge is 2.12. The average molecular weight is 330 g/mol. The molecule has 0 fully saturated rings. The highest BCUT2D eigenvalue weighted by atomic mass is 79.9. The topological polar surface area (TPSA) is 12.0 Å². The molecule has 19 heavy (non-hydrogen) atoms. The predicted octanol–water partition coefficient (Wildman–Crippen LogP) is 5.04. The van der Waals surface area contributed by atoms with E-state index in [1.165, 1.54) is 12.1 Å². The molecule has 100 valence electrons. The molecule has 0 aliphatic heterocycles. The molecule has 0 spiro atoms. The Morgan fingerprint density at radius 3 is 2.26 bits per heavy atom. The second-order valence-corrected chi connectivity index (χ2v) is 5.02. The molecule has 0 radical (unpaired) electrons. The molecule has 0 amide bonds. The van der Waals surface area contributed by atoms with Crippen molar-refractivity contribution in [2.45, 2.75) is 13.0 Å². The maximum Gasteiger partial charge on any atom is 0.147 e. The normalized spacial score (nSPS) is 12.3. The van der Waals surface area contributed by atoms with Crippen molar-refractivity contribution in [3.05, 3.63) is 63.9 Å². The maximum atomic E-state index is 13.7. The van der Waals surface area contributed by atoms with Crippen LogP contribution in [0.15, 0.2) is 40.9 Å². The van der Waals surface area contributed by atoms with E-state index in [0.29, 0.717) is 0 Å². The molecular weight excluding hydrogens is 319 g/mol. The Labute approximate surface area is 117 Å². The number of hydrogen-bond donors (Lipinski definition) is 1. The molecule has 1 N–H and O–H groups in total. The number of benzene rings is 2. The van der Waals surface area contributed by atoms with Crippen molar-refractivity contribution in [2.24, 2.45) is 0 Å². The molecule has 0 aliphatic rings. The van der Waals surface area contributed by atoms with Crippen LogP contribution in [0, 0.1) is 17.5 Å². The largest absolute Gasteiger partial charge is 0.376 e. The Bertz CT molecular complexity index is 584. The Kier molecular flexibility index (Phi) is 4.14. The van der Waals surface area contributed by atoms with Crippen LogP contribution in [0.5, 0.6) is 0 Å². The van der Waals surface area contributed by atoms with Gasteiger partial charge in [0.1, 0.15) is 17.5 Å². The first kappa shape index (κ1) is 13.9. The van der Waals surface area contributed by atoms with Crippen LogP contribution in [-0.4, -0.2) is 0 Å². The Hall–Kier alpha value is -1.49. The van der Waals surface area contributed by atoms with E-state index < -0.39 is 11.6 Å². The molecule has 1 unspecified atom stereocenters. The summed E-state index contributed by atoms with van der Waals surface area (Å²) in [5.41, 5.74) is 0.849. The van der Waals surface area contributed by atoms with Crippen molar-refractivity contribution >= 4 is 21.6 Å². The van der Waals surface area contributed by atoms with Gasteiger partial charge in [-0.1, -0.05) is 12.1 Å². The van der Waals surface area contributed by atoms with Gasteiger partial charge >= 0.3 is 0 Å². The van der Waals surface area contributed by atoms with Crippen LogP contribution in [0.4, 0.5) is 18.9 Å². The fourth-order valence-electron chi connectivity index (χ4n) is 1.70. The van der Waals surface area contributed by atoms with Gasteiger partial charge in [0, 0.05) is 12.1 Å². The number of anilines is 1. The molecule has 2 rings (SSSR count). The second kappa shape index (κ2) is 5.65. The summed E-state index contributed by atoms with van der Waals surface area (Å²) in [5.74, 6) is -1.44. The summed E-state index contributed by atoms with van der Waals surface area (Å²) in [6.07, 6.45) is 0. The SMILES string of the molecule is CC(Nc1cc(F)c(Br)cc1F)c1ccc(F)cc1. The first-order chi connectivity index (χ1) is 8.97. The Morgan fingerprint density at radius 1 is 1.00 bits per heavy atom. The monoisotopic (exact) mass is 329 g/mol. The third-order valence-electron chi connectivity index (χ3n) is 2.75. The van der Waals surface area contributed by atoms with Crippen molar-refractivity contribution in [1.82, 2.24) is 0 Å². The lowest BCUT2D eigenvalue weighted by molar-refractivity contribution is 0.595. The zero-order valence-electron chi connectivity index (χ0n) is 10.1. The second-order valence-electron chi connectivity index (χ2n) is 4.16.